The van der Waals surface area contributed by atoms with Gasteiger partial charge >= 0.3 is 12.1 Å². The minimum atomic E-state index is -4.91. The zero-order chi connectivity index (χ0) is 12.5. The molecular weight excluding hydrogens is 310 g/mol. The van der Waals surface area contributed by atoms with Crippen molar-refractivity contribution < 1.29 is 18.0 Å². The molecule has 0 aromatic heterocycles. The van der Waals surface area contributed by atoms with Gasteiger partial charge in [-0.05, 0) is 40.5 Å². The number of benzene rings is 1. The van der Waals surface area contributed by atoms with Crippen molar-refractivity contribution in [2.24, 2.45) is 0 Å². The zero-order valence-electron chi connectivity index (χ0n) is 7.95. The van der Waals surface area contributed by atoms with E-state index in [0.29, 0.717) is 10.0 Å². The van der Waals surface area contributed by atoms with Gasteiger partial charge in [0.1, 0.15) is 0 Å². The van der Waals surface area contributed by atoms with Crippen LogP contribution in [0.1, 0.15) is 5.56 Å². The quantitative estimate of drug-likeness (QED) is 0.836. The maximum atomic E-state index is 12.0. The van der Waals surface area contributed by atoms with E-state index in [1.165, 1.54) is 12.1 Å². The number of anilines is 1. The Morgan fingerprint density at radius 3 is 2.50 bits per heavy atom. The predicted molar refractivity (Wildman–Crippen MR) is 58.6 cm³/mol. The Morgan fingerprint density at radius 2 is 2.00 bits per heavy atom. The van der Waals surface area contributed by atoms with Gasteiger partial charge < -0.3 is 5.32 Å². The summed E-state index contributed by atoms with van der Waals surface area (Å²) in [5.41, 5.74) is 0.518. The van der Waals surface area contributed by atoms with Crippen molar-refractivity contribution in [3.63, 3.8) is 0 Å². The van der Waals surface area contributed by atoms with Gasteiger partial charge in [-0.25, -0.2) is 0 Å². The number of halogens is 5. The Kier molecular flexibility index (Phi) is 3.85. The molecule has 1 rings (SSSR count). The van der Waals surface area contributed by atoms with E-state index in [0.717, 1.165) is 0 Å². The number of alkyl halides is 3. The first kappa shape index (κ1) is 13.3. The molecule has 0 saturated heterocycles. The molecule has 0 atom stereocenters. The third-order valence-electron chi connectivity index (χ3n) is 1.77. The van der Waals surface area contributed by atoms with Gasteiger partial charge in [-0.2, -0.15) is 13.2 Å². The van der Waals surface area contributed by atoms with Gasteiger partial charge in [0, 0.05) is 10.2 Å². The fourth-order valence-electron chi connectivity index (χ4n) is 0.974. The Labute approximate surface area is 103 Å². The third-order valence-corrected chi connectivity index (χ3v) is 2.97. The maximum absolute atomic E-state index is 12.0. The van der Waals surface area contributed by atoms with E-state index >= 15 is 0 Å². The van der Waals surface area contributed by atoms with E-state index in [9.17, 15) is 18.0 Å². The Hall–Kier alpha value is -0.750. The molecule has 0 aliphatic heterocycles. The molecule has 16 heavy (non-hydrogen) atoms. The summed E-state index contributed by atoms with van der Waals surface area (Å²) in [5, 5.41) is 1.97. The fraction of sp³-hybridized carbons (Fsp3) is 0.222. The summed E-state index contributed by atoms with van der Waals surface area (Å²) in [4.78, 5) is 10.7. The number of hydrogen-bond acceptors (Lipinski definition) is 1. The highest BCUT2D eigenvalue weighted by Crippen LogP contribution is 2.29. The molecule has 0 heterocycles. The summed E-state index contributed by atoms with van der Waals surface area (Å²) in [6.45, 7) is 1.56. The molecule has 1 amide bonds. The molecule has 1 aromatic carbocycles. The smallest absolute Gasteiger partial charge is 0.318 e. The highest BCUT2D eigenvalue weighted by Gasteiger charge is 2.38. The Balaban J connectivity index is 2.99. The number of nitrogens with one attached hydrogen (secondary N) is 1. The molecule has 7 heteroatoms. The van der Waals surface area contributed by atoms with E-state index in [4.69, 9.17) is 11.6 Å². The lowest BCUT2D eigenvalue weighted by molar-refractivity contribution is -0.167. The number of carbonyl (C=O) groups excluding carboxylic acids is 1. The van der Waals surface area contributed by atoms with E-state index < -0.39 is 12.1 Å². The Bertz CT molecular complexity index is 433. The SMILES string of the molecule is Cc1cc(Br)c(Cl)cc1NC(=O)C(F)(F)F. The minimum absolute atomic E-state index is 0.0375. The number of aryl methyl sites for hydroxylation is 1. The largest absolute Gasteiger partial charge is 0.471 e. The molecule has 1 N–H and O–H groups in total. The van der Waals surface area contributed by atoms with Crippen LogP contribution in [-0.2, 0) is 4.79 Å². The molecule has 88 valence electrons. The lowest BCUT2D eigenvalue weighted by Crippen LogP contribution is -2.30. The fourth-order valence-corrected chi connectivity index (χ4v) is 1.60. The molecule has 0 aliphatic rings. The van der Waals surface area contributed by atoms with Crippen molar-refractivity contribution in [3.05, 3.63) is 27.2 Å². The third kappa shape index (κ3) is 3.12. The Morgan fingerprint density at radius 1 is 1.44 bits per heavy atom. The summed E-state index contributed by atoms with van der Waals surface area (Å²) < 4.78 is 36.5. The first-order valence-corrected chi connectivity index (χ1v) is 5.22. The highest BCUT2D eigenvalue weighted by atomic mass is 79.9. The van der Waals surface area contributed by atoms with E-state index in [1.54, 1.807) is 12.2 Å². The van der Waals surface area contributed by atoms with Crippen molar-refractivity contribution in [2.75, 3.05) is 5.32 Å². The molecule has 0 spiro atoms. The molecule has 1 aromatic rings. The van der Waals surface area contributed by atoms with Crippen LogP contribution in [0.15, 0.2) is 16.6 Å². The average molecular weight is 317 g/mol. The van der Waals surface area contributed by atoms with Crippen molar-refractivity contribution in [1.29, 1.82) is 0 Å². The first-order chi connectivity index (χ1) is 7.21. The van der Waals surface area contributed by atoms with Crippen molar-refractivity contribution >= 4 is 39.1 Å². The van der Waals surface area contributed by atoms with Gasteiger partial charge in [0.05, 0.1) is 5.02 Å². The number of carbonyl (C=O) groups is 1. The summed E-state index contributed by atoms with van der Waals surface area (Å²) in [7, 11) is 0. The van der Waals surface area contributed by atoms with Gasteiger partial charge in [-0.3, -0.25) is 4.79 Å². The first-order valence-electron chi connectivity index (χ1n) is 4.05. The lowest BCUT2D eigenvalue weighted by atomic mass is 10.2. The van der Waals surface area contributed by atoms with Gasteiger partial charge in [-0.1, -0.05) is 11.6 Å². The monoisotopic (exact) mass is 315 g/mol. The molecule has 0 unspecified atom stereocenters. The van der Waals surface area contributed by atoms with Crippen LogP contribution in [-0.4, -0.2) is 12.1 Å². The topological polar surface area (TPSA) is 29.1 Å². The van der Waals surface area contributed by atoms with Crippen LogP contribution in [0, 0.1) is 6.92 Å². The second-order valence-electron chi connectivity index (χ2n) is 3.03. The predicted octanol–water partition coefficient (Wildman–Crippen LogP) is 3.91. The molecule has 0 aliphatic carbocycles. The van der Waals surface area contributed by atoms with E-state index in [1.807, 2.05) is 0 Å². The normalized spacial score (nSPS) is 11.4. The van der Waals surface area contributed by atoms with Crippen LogP contribution in [0.5, 0.6) is 0 Å². The van der Waals surface area contributed by atoms with Crippen LogP contribution < -0.4 is 5.32 Å². The van der Waals surface area contributed by atoms with E-state index in [2.05, 4.69) is 15.9 Å². The number of amides is 1. The van der Waals surface area contributed by atoms with Crippen LogP contribution >= 0.6 is 27.5 Å². The van der Waals surface area contributed by atoms with Crippen LogP contribution in [0.25, 0.3) is 0 Å². The highest BCUT2D eigenvalue weighted by molar-refractivity contribution is 9.10. The molecule has 0 saturated carbocycles. The molecule has 0 fully saturated rings. The zero-order valence-corrected chi connectivity index (χ0v) is 10.3. The maximum Gasteiger partial charge on any atom is 0.471 e. The number of hydrogen-bond donors (Lipinski definition) is 1. The molecule has 2 nitrogen and oxygen atoms in total. The second-order valence-corrected chi connectivity index (χ2v) is 4.29. The van der Waals surface area contributed by atoms with Crippen LogP contribution in [0.3, 0.4) is 0 Å². The second kappa shape index (κ2) is 4.63. The van der Waals surface area contributed by atoms with Gasteiger partial charge in [0.25, 0.3) is 0 Å². The summed E-state index contributed by atoms with van der Waals surface area (Å²) in [6, 6.07) is 2.78. The summed E-state index contributed by atoms with van der Waals surface area (Å²) in [6.07, 6.45) is -4.91. The summed E-state index contributed by atoms with van der Waals surface area (Å²) in [5.74, 6) is -2.02. The van der Waals surface area contributed by atoms with Crippen LogP contribution in [0.4, 0.5) is 18.9 Å². The minimum Gasteiger partial charge on any atom is -0.318 e. The molecular formula is C9H6BrClF3NO. The molecule has 0 bridgehead atoms. The summed E-state index contributed by atoms with van der Waals surface area (Å²) >= 11 is 8.82. The average Bonchev–Trinajstić information content (AvgIpc) is 2.12. The van der Waals surface area contributed by atoms with Gasteiger partial charge in [-0.15, -0.1) is 0 Å². The molecule has 0 radical (unpaired) electrons. The van der Waals surface area contributed by atoms with Crippen molar-refractivity contribution in [3.8, 4) is 0 Å². The van der Waals surface area contributed by atoms with Gasteiger partial charge in [0.15, 0.2) is 0 Å². The van der Waals surface area contributed by atoms with Crippen LogP contribution in [0.2, 0.25) is 5.02 Å². The number of rotatable bonds is 1. The van der Waals surface area contributed by atoms with Gasteiger partial charge in [0.2, 0.25) is 0 Å². The standard InChI is InChI=1S/C9H6BrClF3NO/c1-4-2-5(10)6(11)3-7(4)15-8(16)9(12,13)14/h2-3H,1H3,(H,15,16). The van der Waals surface area contributed by atoms with Crippen molar-refractivity contribution in [1.82, 2.24) is 0 Å². The lowest BCUT2D eigenvalue weighted by Gasteiger charge is -2.11. The van der Waals surface area contributed by atoms with E-state index in [-0.39, 0.29) is 10.7 Å². The van der Waals surface area contributed by atoms with Crippen molar-refractivity contribution in [2.45, 2.75) is 13.1 Å².